The summed E-state index contributed by atoms with van der Waals surface area (Å²) >= 11 is 5.92. The van der Waals surface area contributed by atoms with Gasteiger partial charge in [-0.1, -0.05) is 18.5 Å². The normalized spacial score (nSPS) is 19.0. The molecule has 0 spiro atoms. The molecule has 2 heterocycles. The number of hydrogen-bond donors (Lipinski definition) is 2. The first-order valence-corrected chi connectivity index (χ1v) is 10.5. The Bertz CT molecular complexity index is 1020. The molecule has 2 atom stereocenters. The van der Waals surface area contributed by atoms with Gasteiger partial charge in [-0.05, 0) is 32.0 Å². The van der Waals surface area contributed by atoms with E-state index in [4.69, 9.17) is 21.1 Å². The molecule has 0 amide bonds. The van der Waals surface area contributed by atoms with Crippen molar-refractivity contribution in [2.45, 2.75) is 37.8 Å². The summed E-state index contributed by atoms with van der Waals surface area (Å²) in [5.41, 5.74) is 1.01. The average molecular weight is 431 g/mol. The Balaban J connectivity index is 1.85. The van der Waals surface area contributed by atoms with Crippen LogP contribution >= 0.6 is 11.6 Å². The monoisotopic (exact) mass is 430 g/mol. The number of carbonyl (C=O) groups is 1. The van der Waals surface area contributed by atoms with Gasteiger partial charge in [0.2, 0.25) is 0 Å². The number of fused-ring (bicyclic) bond motifs is 1. The molecule has 3 rings (SSSR count). The van der Waals surface area contributed by atoms with Crippen LogP contribution in [0.1, 0.15) is 41.4 Å². The first kappa shape index (κ1) is 20.6. The van der Waals surface area contributed by atoms with Crippen LogP contribution in [0, 0.1) is 12.7 Å². The second-order valence-corrected chi connectivity index (χ2v) is 8.64. The van der Waals surface area contributed by atoms with Crippen LogP contribution in [-0.4, -0.2) is 38.6 Å². The summed E-state index contributed by atoms with van der Waals surface area (Å²) in [7, 11) is -3.99. The van der Waals surface area contributed by atoms with Crippen molar-refractivity contribution in [1.29, 1.82) is 0 Å². The molecule has 0 unspecified atom stereocenters. The molecular weight excluding hydrogens is 411 g/mol. The third kappa shape index (κ3) is 3.87. The zero-order chi connectivity index (χ0) is 20.6. The van der Waals surface area contributed by atoms with E-state index in [9.17, 15) is 17.6 Å². The first-order valence-electron chi connectivity index (χ1n) is 8.64. The van der Waals surface area contributed by atoms with E-state index in [1.165, 1.54) is 6.07 Å². The molecule has 1 aliphatic heterocycles. The third-order valence-electron chi connectivity index (χ3n) is 4.62. The highest BCUT2D eigenvalue weighted by molar-refractivity contribution is 7.89. The standard InChI is InChI=1S/C18H20ClFN2O5S/c1-4-26-18(23)13-7-16(21-10(13)3)28(24,25)22-15-8-27-17-12(9(15)2)5-11(19)6-14(17)20/h5-7,9,15,21-22H,4,8H2,1-3H3/t9-,15+/m0/s1. The molecule has 0 bridgehead atoms. The number of benzene rings is 1. The molecule has 0 fully saturated rings. The number of aryl methyl sites for hydroxylation is 1. The van der Waals surface area contributed by atoms with Crippen LogP contribution in [0.5, 0.6) is 5.75 Å². The van der Waals surface area contributed by atoms with E-state index in [-0.39, 0.29) is 40.5 Å². The molecule has 1 aliphatic rings. The molecule has 0 saturated heterocycles. The lowest BCUT2D eigenvalue weighted by Gasteiger charge is -2.31. The van der Waals surface area contributed by atoms with Crippen LogP contribution in [-0.2, 0) is 14.8 Å². The molecule has 1 aromatic heterocycles. The molecule has 152 valence electrons. The maximum atomic E-state index is 14.0. The van der Waals surface area contributed by atoms with Gasteiger partial charge in [0, 0.05) is 22.2 Å². The topological polar surface area (TPSA) is 97.5 Å². The predicted octanol–water partition coefficient (Wildman–Crippen LogP) is 3.14. The molecule has 1 aromatic carbocycles. The number of ether oxygens (including phenoxy) is 2. The van der Waals surface area contributed by atoms with Crippen LogP contribution in [0.2, 0.25) is 5.02 Å². The summed E-state index contributed by atoms with van der Waals surface area (Å²) in [5.74, 6) is -1.50. The molecule has 2 N–H and O–H groups in total. The highest BCUT2D eigenvalue weighted by Gasteiger charge is 2.34. The van der Waals surface area contributed by atoms with Crippen LogP contribution in [0.25, 0.3) is 0 Å². The Morgan fingerprint density at radius 3 is 2.82 bits per heavy atom. The summed E-state index contributed by atoms with van der Waals surface area (Å²) in [6.45, 7) is 5.14. The number of aromatic amines is 1. The van der Waals surface area contributed by atoms with E-state index < -0.39 is 27.9 Å². The number of H-pyrrole nitrogens is 1. The number of hydrogen-bond acceptors (Lipinski definition) is 5. The zero-order valence-electron chi connectivity index (χ0n) is 15.5. The number of halogens is 2. The fourth-order valence-electron chi connectivity index (χ4n) is 3.10. The van der Waals surface area contributed by atoms with Crippen molar-refractivity contribution >= 4 is 27.6 Å². The van der Waals surface area contributed by atoms with Gasteiger partial charge < -0.3 is 14.5 Å². The molecule has 10 heteroatoms. The van der Waals surface area contributed by atoms with Gasteiger partial charge in [-0.25, -0.2) is 22.3 Å². The van der Waals surface area contributed by atoms with Gasteiger partial charge in [-0.15, -0.1) is 0 Å². The minimum absolute atomic E-state index is 0.0453. The molecule has 7 nitrogen and oxygen atoms in total. The minimum atomic E-state index is -3.99. The highest BCUT2D eigenvalue weighted by atomic mass is 35.5. The summed E-state index contributed by atoms with van der Waals surface area (Å²) in [6, 6.07) is 3.29. The van der Waals surface area contributed by atoms with Gasteiger partial charge in [0.05, 0.1) is 18.2 Å². The van der Waals surface area contributed by atoms with Crippen molar-refractivity contribution < 1.29 is 27.1 Å². The van der Waals surface area contributed by atoms with E-state index in [0.29, 0.717) is 11.3 Å². The van der Waals surface area contributed by atoms with E-state index in [2.05, 4.69) is 9.71 Å². The molecular formula is C18H20ClFN2O5S. The Labute approximate surface area is 167 Å². The summed E-state index contributed by atoms with van der Waals surface area (Å²) < 4.78 is 52.5. The molecule has 28 heavy (non-hydrogen) atoms. The fourth-order valence-corrected chi connectivity index (χ4v) is 4.67. The van der Waals surface area contributed by atoms with Gasteiger partial charge in [0.1, 0.15) is 11.6 Å². The van der Waals surface area contributed by atoms with E-state index in [1.54, 1.807) is 26.8 Å². The average Bonchev–Trinajstić information content (AvgIpc) is 3.01. The van der Waals surface area contributed by atoms with Crippen LogP contribution < -0.4 is 9.46 Å². The van der Waals surface area contributed by atoms with Crippen molar-refractivity contribution in [2.75, 3.05) is 13.2 Å². The maximum absolute atomic E-state index is 14.0. The van der Waals surface area contributed by atoms with Gasteiger partial charge >= 0.3 is 5.97 Å². The smallest absolute Gasteiger partial charge is 0.339 e. The Hall–Kier alpha value is -2.10. The highest BCUT2D eigenvalue weighted by Crippen LogP contribution is 2.38. The second-order valence-electron chi connectivity index (χ2n) is 6.53. The van der Waals surface area contributed by atoms with Crippen molar-refractivity contribution in [3.63, 3.8) is 0 Å². The summed E-state index contributed by atoms with van der Waals surface area (Å²) in [6.07, 6.45) is 0. The van der Waals surface area contributed by atoms with Crippen molar-refractivity contribution in [3.05, 3.63) is 45.9 Å². The lowest BCUT2D eigenvalue weighted by Crippen LogP contribution is -2.44. The zero-order valence-corrected chi connectivity index (χ0v) is 17.1. The van der Waals surface area contributed by atoms with Crippen molar-refractivity contribution in [3.8, 4) is 5.75 Å². The summed E-state index contributed by atoms with van der Waals surface area (Å²) in [4.78, 5) is 14.6. The molecule has 0 saturated carbocycles. The van der Waals surface area contributed by atoms with Gasteiger partial charge in [-0.3, -0.25) is 0 Å². The second kappa shape index (κ2) is 7.73. The summed E-state index contributed by atoms with van der Waals surface area (Å²) in [5, 5.41) is 0.0394. The minimum Gasteiger partial charge on any atom is -0.489 e. The lowest BCUT2D eigenvalue weighted by molar-refractivity contribution is 0.0525. The Morgan fingerprint density at radius 1 is 1.43 bits per heavy atom. The van der Waals surface area contributed by atoms with Gasteiger partial charge in [0.15, 0.2) is 11.6 Å². The Morgan fingerprint density at radius 2 is 2.14 bits per heavy atom. The van der Waals surface area contributed by atoms with Crippen molar-refractivity contribution in [1.82, 2.24) is 9.71 Å². The van der Waals surface area contributed by atoms with Gasteiger partial charge in [0.25, 0.3) is 10.0 Å². The van der Waals surface area contributed by atoms with Gasteiger partial charge in [-0.2, -0.15) is 0 Å². The van der Waals surface area contributed by atoms with Crippen LogP contribution in [0.4, 0.5) is 4.39 Å². The number of rotatable bonds is 5. The van der Waals surface area contributed by atoms with E-state index >= 15 is 0 Å². The largest absolute Gasteiger partial charge is 0.489 e. The SMILES string of the molecule is CCOC(=O)c1cc(S(=O)(=O)N[C@@H]2COc3c(F)cc(Cl)cc3[C@@H]2C)[nH]c1C. The van der Waals surface area contributed by atoms with Crippen molar-refractivity contribution in [2.24, 2.45) is 0 Å². The van der Waals surface area contributed by atoms with Crippen LogP contribution in [0.3, 0.4) is 0 Å². The van der Waals surface area contributed by atoms with E-state index in [1.807, 2.05) is 0 Å². The number of carbonyl (C=O) groups excluding carboxylic acids is 1. The predicted molar refractivity (Wildman–Crippen MR) is 101 cm³/mol. The Kier molecular flexibility index (Phi) is 5.69. The lowest BCUT2D eigenvalue weighted by atomic mass is 9.91. The molecule has 0 radical (unpaired) electrons. The first-order chi connectivity index (χ1) is 13.1. The maximum Gasteiger partial charge on any atom is 0.339 e. The third-order valence-corrected chi connectivity index (χ3v) is 6.25. The number of nitrogens with one attached hydrogen (secondary N) is 2. The number of aromatic nitrogens is 1. The number of esters is 1. The quantitative estimate of drug-likeness (QED) is 0.710. The molecule has 0 aliphatic carbocycles. The van der Waals surface area contributed by atoms with E-state index in [0.717, 1.165) is 6.07 Å². The number of sulfonamides is 1. The van der Waals surface area contributed by atoms with Crippen LogP contribution in [0.15, 0.2) is 23.2 Å². The fraction of sp³-hybridized carbons (Fsp3) is 0.389. The molecule has 2 aromatic rings.